The number of thiocarbonyl (C=S) groups is 1. The van der Waals surface area contributed by atoms with Crippen molar-refractivity contribution in [3.05, 3.63) is 18.2 Å². The van der Waals surface area contributed by atoms with Gasteiger partial charge in [-0.15, -0.1) is 0 Å². The number of hydrogen-bond acceptors (Lipinski definition) is 5. The van der Waals surface area contributed by atoms with Gasteiger partial charge in [0, 0.05) is 38.8 Å². The van der Waals surface area contributed by atoms with Gasteiger partial charge in [0.2, 0.25) is 10.0 Å². The van der Waals surface area contributed by atoms with E-state index in [-0.39, 0.29) is 4.90 Å². The number of benzene rings is 1. The standard InChI is InChI=1S/C16H23N3O4S2/c1-2-5-17-16(24)18-6-8-19(9-7-18)25(20,21)13-3-4-14-15(12-13)23-11-10-22-14/h3-4,12H,2,5-11H2,1H3,(H,17,24). The Balaban J connectivity index is 1.67. The lowest BCUT2D eigenvalue weighted by Crippen LogP contribution is -2.53. The molecule has 7 nitrogen and oxygen atoms in total. The minimum absolute atomic E-state index is 0.233. The predicted molar refractivity (Wildman–Crippen MR) is 98.7 cm³/mol. The van der Waals surface area contributed by atoms with Gasteiger partial charge in [0.15, 0.2) is 16.6 Å². The van der Waals surface area contributed by atoms with Crippen LogP contribution < -0.4 is 14.8 Å². The molecule has 0 saturated carbocycles. The van der Waals surface area contributed by atoms with E-state index in [1.165, 1.54) is 4.31 Å². The van der Waals surface area contributed by atoms with Crippen molar-refractivity contribution in [3.8, 4) is 11.5 Å². The molecule has 0 spiro atoms. The third kappa shape index (κ3) is 3.99. The molecule has 0 unspecified atom stereocenters. The summed E-state index contributed by atoms with van der Waals surface area (Å²) in [4.78, 5) is 2.25. The van der Waals surface area contributed by atoms with Crippen molar-refractivity contribution in [1.29, 1.82) is 0 Å². The molecule has 0 aromatic heterocycles. The minimum atomic E-state index is -3.55. The molecule has 1 saturated heterocycles. The summed E-state index contributed by atoms with van der Waals surface area (Å²) in [5.74, 6) is 1.07. The Morgan fingerprint density at radius 2 is 1.84 bits per heavy atom. The summed E-state index contributed by atoms with van der Waals surface area (Å²) in [5, 5.41) is 3.87. The van der Waals surface area contributed by atoms with Gasteiger partial charge in [0.05, 0.1) is 4.90 Å². The summed E-state index contributed by atoms with van der Waals surface area (Å²) in [7, 11) is -3.55. The quantitative estimate of drug-likeness (QED) is 0.777. The van der Waals surface area contributed by atoms with Crippen LogP contribution in [-0.4, -0.2) is 68.7 Å². The van der Waals surface area contributed by atoms with Crippen molar-refractivity contribution in [3.63, 3.8) is 0 Å². The molecule has 2 aliphatic rings. The molecule has 25 heavy (non-hydrogen) atoms. The predicted octanol–water partition coefficient (Wildman–Crippen LogP) is 1.05. The summed E-state index contributed by atoms with van der Waals surface area (Å²) in [6, 6.07) is 4.77. The van der Waals surface area contributed by atoms with Crippen molar-refractivity contribution in [1.82, 2.24) is 14.5 Å². The maximum absolute atomic E-state index is 12.9. The van der Waals surface area contributed by atoms with Gasteiger partial charge in [0.25, 0.3) is 0 Å². The van der Waals surface area contributed by atoms with E-state index in [0.29, 0.717) is 56.0 Å². The molecule has 1 aromatic carbocycles. The van der Waals surface area contributed by atoms with Crippen molar-refractivity contribution in [2.45, 2.75) is 18.2 Å². The molecule has 2 heterocycles. The van der Waals surface area contributed by atoms with E-state index in [1.807, 2.05) is 4.90 Å². The summed E-state index contributed by atoms with van der Waals surface area (Å²) in [6.07, 6.45) is 0.999. The number of nitrogens with one attached hydrogen (secondary N) is 1. The van der Waals surface area contributed by atoms with Crippen LogP contribution in [0.1, 0.15) is 13.3 Å². The van der Waals surface area contributed by atoms with E-state index in [1.54, 1.807) is 18.2 Å². The van der Waals surface area contributed by atoms with E-state index in [2.05, 4.69) is 12.2 Å². The zero-order chi connectivity index (χ0) is 17.9. The summed E-state index contributed by atoms with van der Waals surface area (Å²) < 4.78 is 38.2. The second-order valence-electron chi connectivity index (χ2n) is 5.93. The average Bonchev–Trinajstić information content (AvgIpc) is 2.65. The first-order valence-electron chi connectivity index (χ1n) is 8.45. The molecule has 0 amide bonds. The Bertz CT molecular complexity index is 731. The number of nitrogens with zero attached hydrogens (tertiary/aromatic N) is 2. The SMILES string of the molecule is CCCNC(=S)N1CCN(S(=O)(=O)c2ccc3c(c2)OCCO3)CC1. The van der Waals surface area contributed by atoms with Crippen LogP contribution in [0, 0.1) is 0 Å². The Morgan fingerprint density at radius 3 is 2.52 bits per heavy atom. The fourth-order valence-corrected chi connectivity index (χ4v) is 4.53. The van der Waals surface area contributed by atoms with E-state index in [9.17, 15) is 8.42 Å². The monoisotopic (exact) mass is 385 g/mol. The second kappa shape index (κ2) is 7.76. The van der Waals surface area contributed by atoms with Crippen LogP contribution in [0.2, 0.25) is 0 Å². The number of rotatable bonds is 4. The molecule has 3 rings (SSSR count). The van der Waals surface area contributed by atoms with E-state index < -0.39 is 10.0 Å². The highest BCUT2D eigenvalue weighted by Crippen LogP contribution is 2.33. The van der Waals surface area contributed by atoms with Gasteiger partial charge in [-0.2, -0.15) is 4.31 Å². The van der Waals surface area contributed by atoms with Crippen LogP contribution in [0.15, 0.2) is 23.1 Å². The lowest BCUT2D eigenvalue weighted by atomic mass is 10.3. The topological polar surface area (TPSA) is 71.1 Å². The van der Waals surface area contributed by atoms with Gasteiger partial charge in [-0.3, -0.25) is 0 Å². The Morgan fingerprint density at radius 1 is 1.16 bits per heavy atom. The van der Waals surface area contributed by atoms with Gasteiger partial charge in [-0.05, 0) is 30.8 Å². The normalized spacial score (nSPS) is 18.0. The van der Waals surface area contributed by atoms with Gasteiger partial charge in [-0.1, -0.05) is 6.92 Å². The van der Waals surface area contributed by atoms with Crippen molar-refractivity contribution in [2.24, 2.45) is 0 Å². The summed E-state index contributed by atoms with van der Waals surface area (Å²) in [6.45, 7) is 5.79. The minimum Gasteiger partial charge on any atom is -0.486 e. The molecule has 0 atom stereocenters. The smallest absolute Gasteiger partial charge is 0.243 e. The molecule has 0 bridgehead atoms. The largest absolute Gasteiger partial charge is 0.486 e. The van der Waals surface area contributed by atoms with Crippen LogP contribution in [-0.2, 0) is 10.0 Å². The highest BCUT2D eigenvalue weighted by molar-refractivity contribution is 7.89. The molecule has 0 aliphatic carbocycles. The van der Waals surface area contributed by atoms with Gasteiger partial charge < -0.3 is 19.7 Å². The molecular weight excluding hydrogens is 362 g/mol. The molecule has 138 valence electrons. The van der Waals surface area contributed by atoms with Crippen LogP contribution >= 0.6 is 12.2 Å². The Kier molecular flexibility index (Phi) is 5.65. The van der Waals surface area contributed by atoms with Gasteiger partial charge >= 0.3 is 0 Å². The number of ether oxygens (including phenoxy) is 2. The Hall–Kier alpha value is -1.58. The first-order valence-corrected chi connectivity index (χ1v) is 10.3. The van der Waals surface area contributed by atoms with Crippen LogP contribution in [0.25, 0.3) is 0 Å². The second-order valence-corrected chi connectivity index (χ2v) is 8.25. The zero-order valence-corrected chi connectivity index (χ0v) is 15.9. The van der Waals surface area contributed by atoms with Crippen molar-refractivity contribution in [2.75, 3.05) is 45.9 Å². The van der Waals surface area contributed by atoms with E-state index in [0.717, 1.165) is 13.0 Å². The first kappa shape index (κ1) is 18.2. The molecular formula is C16H23N3O4S2. The number of piperazine rings is 1. The number of fused-ring (bicyclic) bond motifs is 1. The average molecular weight is 386 g/mol. The fraction of sp³-hybridized carbons (Fsp3) is 0.562. The highest BCUT2D eigenvalue weighted by Gasteiger charge is 2.30. The van der Waals surface area contributed by atoms with Gasteiger partial charge in [0.1, 0.15) is 13.2 Å². The first-order chi connectivity index (χ1) is 12.0. The van der Waals surface area contributed by atoms with E-state index >= 15 is 0 Å². The van der Waals surface area contributed by atoms with Crippen LogP contribution in [0.4, 0.5) is 0 Å². The third-order valence-corrected chi connectivity index (χ3v) is 6.50. The maximum atomic E-state index is 12.9. The number of hydrogen-bond donors (Lipinski definition) is 1. The van der Waals surface area contributed by atoms with E-state index in [4.69, 9.17) is 21.7 Å². The molecule has 0 radical (unpaired) electrons. The lowest BCUT2D eigenvalue weighted by Gasteiger charge is -2.35. The van der Waals surface area contributed by atoms with Crippen molar-refractivity contribution >= 4 is 27.4 Å². The maximum Gasteiger partial charge on any atom is 0.243 e. The molecule has 1 fully saturated rings. The zero-order valence-electron chi connectivity index (χ0n) is 14.2. The third-order valence-electron chi connectivity index (χ3n) is 4.20. The fourth-order valence-electron chi connectivity index (χ4n) is 2.81. The Labute approximate surface area is 153 Å². The molecule has 1 aromatic rings. The van der Waals surface area contributed by atoms with Gasteiger partial charge in [-0.25, -0.2) is 8.42 Å². The van der Waals surface area contributed by atoms with Crippen LogP contribution in [0.5, 0.6) is 11.5 Å². The summed E-state index contributed by atoms with van der Waals surface area (Å²) in [5.41, 5.74) is 0. The molecule has 1 N–H and O–H groups in total. The van der Waals surface area contributed by atoms with Crippen LogP contribution in [0.3, 0.4) is 0 Å². The molecule has 2 aliphatic heterocycles. The highest BCUT2D eigenvalue weighted by atomic mass is 32.2. The summed E-state index contributed by atoms with van der Waals surface area (Å²) >= 11 is 5.35. The lowest BCUT2D eigenvalue weighted by molar-refractivity contribution is 0.171. The number of sulfonamides is 1. The van der Waals surface area contributed by atoms with Crippen molar-refractivity contribution < 1.29 is 17.9 Å². The molecule has 9 heteroatoms.